The Labute approximate surface area is 162 Å². The molecule has 0 atom stereocenters. The molecule has 1 aromatic carbocycles. The number of hydrogen-bond donors (Lipinski definition) is 0. The van der Waals surface area contributed by atoms with Crippen LogP contribution in [-0.2, 0) is 19.1 Å². The smallest absolute Gasteiger partial charge is 0.199 e. The van der Waals surface area contributed by atoms with E-state index in [4.69, 9.17) is 17.3 Å². The van der Waals surface area contributed by atoms with Crippen molar-refractivity contribution in [1.29, 1.82) is 0 Å². The molecule has 26 heavy (non-hydrogen) atoms. The first kappa shape index (κ1) is 19.3. The van der Waals surface area contributed by atoms with Gasteiger partial charge in [-0.25, -0.2) is 4.68 Å². The Balaban J connectivity index is 1.78. The number of aromatic nitrogens is 3. The highest BCUT2D eigenvalue weighted by atomic mass is 32.1. The Morgan fingerprint density at radius 1 is 1.00 bits per heavy atom. The molecule has 0 bridgehead atoms. The summed E-state index contributed by atoms with van der Waals surface area (Å²) in [6.45, 7) is 15.2. The highest BCUT2D eigenvalue weighted by Crippen LogP contribution is 2.25. The van der Waals surface area contributed by atoms with Gasteiger partial charge in [0.15, 0.2) is 10.6 Å². The van der Waals surface area contributed by atoms with Crippen molar-refractivity contribution in [3.05, 3.63) is 34.6 Å². The number of rotatable bonds is 4. The van der Waals surface area contributed by atoms with Crippen LogP contribution in [0.25, 0.3) is 11.4 Å². The summed E-state index contributed by atoms with van der Waals surface area (Å²) in [6.07, 6.45) is 0. The molecule has 1 aliphatic heterocycles. The maximum absolute atomic E-state index is 5.64. The fourth-order valence-electron chi connectivity index (χ4n) is 3.39. The SMILES string of the molecule is CCN1CCN(Cn2nc(-c3ccc(C(C)(C)C)cc3)n(C)c2=S)CC1. The zero-order valence-corrected chi connectivity index (χ0v) is 17.5. The van der Waals surface area contributed by atoms with Gasteiger partial charge < -0.3 is 9.47 Å². The van der Waals surface area contributed by atoms with E-state index in [0.717, 1.165) is 55.6 Å². The Bertz CT molecular complexity index is 789. The van der Waals surface area contributed by atoms with Crippen LogP contribution in [0.1, 0.15) is 33.3 Å². The highest BCUT2D eigenvalue weighted by molar-refractivity contribution is 7.71. The first-order valence-electron chi connectivity index (χ1n) is 9.49. The van der Waals surface area contributed by atoms with E-state index < -0.39 is 0 Å². The van der Waals surface area contributed by atoms with Gasteiger partial charge in [0, 0.05) is 38.8 Å². The molecule has 1 fully saturated rings. The number of benzene rings is 1. The maximum Gasteiger partial charge on any atom is 0.199 e. The third kappa shape index (κ3) is 4.08. The van der Waals surface area contributed by atoms with E-state index in [1.807, 2.05) is 16.3 Å². The van der Waals surface area contributed by atoms with Gasteiger partial charge in [0.25, 0.3) is 0 Å². The van der Waals surface area contributed by atoms with Gasteiger partial charge in [0.1, 0.15) is 0 Å². The molecule has 1 aromatic heterocycles. The Kier molecular flexibility index (Phi) is 5.65. The van der Waals surface area contributed by atoms with Crippen molar-refractivity contribution in [2.75, 3.05) is 32.7 Å². The van der Waals surface area contributed by atoms with Crippen LogP contribution < -0.4 is 0 Å². The fourth-order valence-corrected chi connectivity index (χ4v) is 3.57. The summed E-state index contributed by atoms with van der Waals surface area (Å²) in [5.41, 5.74) is 2.60. The fraction of sp³-hybridized carbons (Fsp3) is 0.600. The van der Waals surface area contributed by atoms with Crippen molar-refractivity contribution in [2.24, 2.45) is 7.05 Å². The van der Waals surface area contributed by atoms with Gasteiger partial charge in [-0.05, 0) is 29.7 Å². The monoisotopic (exact) mass is 373 g/mol. The van der Waals surface area contributed by atoms with Gasteiger partial charge in [-0.15, -0.1) is 0 Å². The predicted molar refractivity (Wildman–Crippen MR) is 110 cm³/mol. The number of piperazine rings is 1. The molecule has 5 nitrogen and oxygen atoms in total. The predicted octanol–water partition coefficient (Wildman–Crippen LogP) is 3.51. The second-order valence-corrected chi connectivity index (χ2v) is 8.55. The van der Waals surface area contributed by atoms with Crippen LogP contribution in [0.3, 0.4) is 0 Å². The number of likely N-dealkylation sites (N-methyl/N-ethyl adjacent to an activating group) is 1. The molecule has 3 rings (SSSR count). The molecule has 6 heteroatoms. The molecule has 0 amide bonds. The summed E-state index contributed by atoms with van der Waals surface area (Å²) < 4.78 is 4.76. The molecule has 0 unspecified atom stereocenters. The van der Waals surface area contributed by atoms with E-state index in [0.29, 0.717) is 0 Å². The normalized spacial score (nSPS) is 17.0. The molecule has 1 saturated heterocycles. The third-order valence-electron chi connectivity index (χ3n) is 5.30. The summed E-state index contributed by atoms with van der Waals surface area (Å²) >= 11 is 5.64. The van der Waals surface area contributed by atoms with Crippen molar-refractivity contribution < 1.29 is 0 Å². The largest absolute Gasteiger partial charge is 0.303 e. The first-order chi connectivity index (χ1) is 12.3. The second-order valence-electron chi connectivity index (χ2n) is 8.19. The van der Waals surface area contributed by atoms with Crippen LogP contribution in [0, 0.1) is 4.77 Å². The third-order valence-corrected chi connectivity index (χ3v) is 5.78. The van der Waals surface area contributed by atoms with E-state index in [1.54, 1.807) is 0 Å². The van der Waals surface area contributed by atoms with E-state index in [1.165, 1.54) is 5.56 Å². The van der Waals surface area contributed by atoms with Gasteiger partial charge in [-0.3, -0.25) is 4.90 Å². The minimum atomic E-state index is 0.157. The molecule has 0 aliphatic carbocycles. The first-order valence-corrected chi connectivity index (χ1v) is 9.90. The van der Waals surface area contributed by atoms with E-state index in [9.17, 15) is 0 Å². The second kappa shape index (κ2) is 7.62. The van der Waals surface area contributed by atoms with Crippen molar-refractivity contribution >= 4 is 12.2 Å². The topological polar surface area (TPSA) is 29.2 Å². The minimum absolute atomic E-state index is 0.157. The quantitative estimate of drug-likeness (QED) is 0.767. The molecule has 0 saturated carbocycles. The zero-order chi connectivity index (χ0) is 18.9. The number of hydrogen-bond acceptors (Lipinski definition) is 4. The molecule has 1 aliphatic rings. The molecule has 2 heterocycles. The lowest BCUT2D eigenvalue weighted by Crippen LogP contribution is -2.46. The van der Waals surface area contributed by atoms with Crippen LogP contribution in [0.2, 0.25) is 0 Å². The van der Waals surface area contributed by atoms with E-state index in [2.05, 4.69) is 61.8 Å². The molecular formula is C20H31N5S. The van der Waals surface area contributed by atoms with Crippen molar-refractivity contribution in [3.63, 3.8) is 0 Å². The van der Waals surface area contributed by atoms with Gasteiger partial charge >= 0.3 is 0 Å². The lowest BCUT2D eigenvalue weighted by molar-refractivity contribution is 0.106. The van der Waals surface area contributed by atoms with Crippen molar-refractivity contribution in [3.8, 4) is 11.4 Å². The Morgan fingerprint density at radius 3 is 2.12 bits per heavy atom. The summed E-state index contributed by atoms with van der Waals surface area (Å²) in [6, 6.07) is 8.70. The Morgan fingerprint density at radius 2 is 1.58 bits per heavy atom. The lowest BCUT2D eigenvalue weighted by atomic mass is 9.87. The van der Waals surface area contributed by atoms with Gasteiger partial charge in [0.05, 0.1) is 6.67 Å². The van der Waals surface area contributed by atoms with Crippen LogP contribution >= 0.6 is 12.2 Å². The Hall–Kier alpha value is -1.50. The molecule has 142 valence electrons. The molecular weight excluding hydrogens is 342 g/mol. The van der Waals surface area contributed by atoms with Gasteiger partial charge in [-0.2, -0.15) is 5.10 Å². The van der Waals surface area contributed by atoms with Crippen molar-refractivity contribution in [1.82, 2.24) is 24.1 Å². The minimum Gasteiger partial charge on any atom is -0.303 e. The van der Waals surface area contributed by atoms with E-state index in [-0.39, 0.29) is 5.41 Å². The summed E-state index contributed by atoms with van der Waals surface area (Å²) in [5.74, 6) is 0.933. The summed E-state index contributed by atoms with van der Waals surface area (Å²) in [5, 5.41) is 4.82. The molecule has 0 spiro atoms. The maximum atomic E-state index is 5.64. The standard InChI is InChI=1S/C20H31N5S/c1-6-23-11-13-24(14-12-23)15-25-19(26)22(5)18(21-25)16-7-9-17(10-8-16)20(2,3)4/h7-10H,6,11-15H2,1-5H3. The molecule has 0 radical (unpaired) electrons. The van der Waals surface area contributed by atoms with Crippen molar-refractivity contribution in [2.45, 2.75) is 39.8 Å². The van der Waals surface area contributed by atoms with Crippen LogP contribution in [0.15, 0.2) is 24.3 Å². The average Bonchev–Trinajstić information content (AvgIpc) is 2.90. The van der Waals surface area contributed by atoms with Gasteiger partial charge in [-0.1, -0.05) is 52.0 Å². The lowest BCUT2D eigenvalue weighted by Gasteiger charge is -2.33. The highest BCUT2D eigenvalue weighted by Gasteiger charge is 2.18. The molecule has 0 N–H and O–H groups in total. The summed E-state index contributed by atoms with van der Waals surface area (Å²) in [7, 11) is 2.01. The summed E-state index contributed by atoms with van der Waals surface area (Å²) in [4.78, 5) is 4.91. The zero-order valence-electron chi connectivity index (χ0n) is 16.7. The number of nitrogens with zero attached hydrogens (tertiary/aromatic N) is 5. The van der Waals surface area contributed by atoms with Crippen LogP contribution in [-0.4, -0.2) is 56.9 Å². The molecule has 2 aromatic rings. The van der Waals surface area contributed by atoms with Crippen LogP contribution in [0.5, 0.6) is 0 Å². The average molecular weight is 374 g/mol. The van der Waals surface area contributed by atoms with Crippen LogP contribution in [0.4, 0.5) is 0 Å². The van der Waals surface area contributed by atoms with Gasteiger partial charge in [0.2, 0.25) is 0 Å². The van der Waals surface area contributed by atoms with E-state index >= 15 is 0 Å².